The molecule has 4 heteroatoms. The molecular weight excluding hydrogens is 825 g/mol. The van der Waals surface area contributed by atoms with Gasteiger partial charge in [-0.1, -0.05) is 146 Å². The third-order valence-corrected chi connectivity index (χ3v) is 13.6. The van der Waals surface area contributed by atoms with Gasteiger partial charge >= 0.3 is 0 Å². The van der Waals surface area contributed by atoms with Gasteiger partial charge in [0.2, 0.25) is 0 Å². The van der Waals surface area contributed by atoms with Crippen LogP contribution >= 0.6 is 0 Å². The zero-order valence-electron chi connectivity index (χ0n) is 38.3. The van der Waals surface area contributed by atoms with E-state index in [1.807, 2.05) is 0 Å². The first-order valence-electron chi connectivity index (χ1n) is 23.8. The fourth-order valence-corrected chi connectivity index (χ4v) is 10.5. The highest BCUT2D eigenvalue weighted by atomic mass is 15.2. The maximum atomic E-state index is 2.47. The molecule has 12 rings (SSSR count). The number of para-hydroxylation sites is 2. The van der Waals surface area contributed by atoms with Crippen LogP contribution in [-0.4, -0.2) is 9.13 Å². The van der Waals surface area contributed by atoms with Crippen molar-refractivity contribution in [2.24, 2.45) is 0 Å². The molecule has 0 radical (unpaired) electrons. The SMILES string of the molecule is CCn1c2ccc(-c3ccc4c(c3)c3ccc(N(c5ccccc5)c5cccc(-c6ccccc6)c5)cc3n4CC)cc2c2ccc(N(c3ccccc3)c3cccc(-c4ccccc4)c3)cc21. The second kappa shape index (κ2) is 17.3. The van der Waals surface area contributed by atoms with Gasteiger partial charge in [0.05, 0.1) is 11.0 Å². The normalized spacial score (nSPS) is 11.5. The molecule has 2 heterocycles. The monoisotopic (exact) mass is 874 g/mol. The second-order valence-electron chi connectivity index (χ2n) is 17.5. The summed E-state index contributed by atoms with van der Waals surface area (Å²) in [4.78, 5) is 4.76. The maximum Gasteiger partial charge on any atom is 0.0512 e. The molecule has 0 atom stereocenters. The molecule has 0 N–H and O–H groups in total. The Morgan fingerprint density at radius 3 is 0.985 bits per heavy atom. The van der Waals surface area contributed by atoms with Crippen molar-refractivity contribution in [1.82, 2.24) is 9.13 Å². The molecule has 0 amide bonds. The van der Waals surface area contributed by atoms with E-state index < -0.39 is 0 Å². The summed E-state index contributed by atoms with van der Waals surface area (Å²) in [6, 6.07) is 88.5. The molecule has 68 heavy (non-hydrogen) atoms. The standard InChI is InChI=1S/C64H50N4/c1-3-65-61-37-31-49(41-59(61)57-35-33-55(43-63(57)65)67(51-25-13-7-14-26-51)53-29-17-23-47(39-53)45-19-9-5-10-20-45)50-32-38-62-60(42-50)58-36-34-56(44-64(58)66(62)4-2)68(52-27-15-8-16-28-52)54-30-18-24-48(40-54)46-21-11-6-12-22-46/h5-44H,3-4H2,1-2H3. The van der Waals surface area contributed by atoms with Crippen LogP contribution in [0.4, 0.5) is 34.1 Å². The molecule has 0 aliphatic carbocycles. The van der Waals surface area contributed by atoms with Crippen LogP contribution in [0, 0.1) is 0 Å². The van der Waals surface area contributed by atoms with Gasteiger partial charge in [-0.15, -0.1) is 0 Å². The summed E-state index contributed by atoms with van der Waals surface area (Å²) in [5.41, 5.74) is 18.9. The van der Waals surface area contributed by atoms with Crippen molar-refractivity contribution in [2.45, 2.75) is 26.9 Å². The van der Waals surface area contributed by atoms with E-state index in [2.05, 4.69) is 275 Å². The highest BCUT2D eigenvalue weighted by Gasteiger charge is 2.20. The highest BCUT2D eigenvalue weighted by molar-refractivity contribution is 6.13. The van der Waals surface area contributed by atoms with Gasteiger partial charge < -0.3 is 18.9 Å². The Kier molecular flexibility index (Phi) is 10.4. The molecular formula is C64H50N4. The predicted molar refractivity (Wildman–Crippen MR) is 289 cm³/mol. The molecule has 12 aromatic rings. The first-order valence-corrected chi connectivity index (χ1v) is 23.8. The van der Waals surface area contributed by atoms with Crippen LogP contribution < -0.4 is 9.80 Å². The van der Waals surface area contributed by atoms with Crippen LogP contribution in [0.5, 0.6) is 0 Å². The van der Waals surface area contributed by atoms with Crippen molar-refractivity contribution in [3.63, 3.8) is 0 Å². The van der Waals surface area contributed by atoms with E-state index >= 15 is 0 Å². The lowest BCUT2D eigenvalue weighted by molar-refractivity contribution is 0.827. The summed E-state index contributed by atoms with van der Waals surface area (Å²) in [6.07, 6.45) is 0. The molecule has 0 saturated carbocycles. The van der Waals surface area contributed by atoms with Crippen LogP contribution in [0.25, 0.3) is 77.0 Å². The van der Waals surface area contributed by atoms with Crippen LogP contribution in [0.2, 0.25) is 0 Å². The predicted octanol–water partition coefficient (Wildman–Crippen LogP) is 17.9. The Labute approximate surface area is 397 Å². The third kappa shape index (κ3) is 7.19. The van der Waals surface area contributed by atoms with Crippen molar-refractivity contribution < 1.29 is 0 Å². The van der Waals surface area contributed by atoms with E-state index in [-0.39, 0.29) is 0 Å². The Hall–Kier alpha value is -8.60. The molecule has 0 unspecified atom stereocenters. The molecule has 0 bridgehead atoms. The number of hydrogen-bond acceptors (Lipinski definition) is 2. The summed E-state index contributed by atoms with van der Waals surface area (Å²) in [5.74, 6) is 0. The van der Waals surface area contributed by atoms with Crippen molar-refractivity contribution >= 4 is 77.7 Å². The largest absolute Gasteiger partial charge is 0.341 e. The zero-order chi connectivity index (χ0) is 45.6. The Morgan fingerprint density at radius 1 is 0.250 bits per heavy atom. The van der Waals surface area contributed by atoms with E-state index in [9.17, 15) is 0 Å². The van der Waals surface area contributed by atoms with Crippen LogP contribution in [0.3, 0.4) is 0 Å². The van der Waals surface area contributed by atoms with Crippen molar-refractivity contribution in [3.05, 3.63) is 243 Å². The number of aryl methyl sites for hydroxylation is 2. The topological polar surface area (TPSA) is 16.3 Å². The minimum absolute atomic E-state index is 0.863. The molecule has 326 valence electrons. The Bertz CT molecular complexity index is 3510. The number of hydrogen-bond donors (Lipinski definition) is 0. The molecule has 0 aliphatic rings. The lowest BCUT2D eigenvalue weighted by atomic mass is 10.00. The fourth-order valence-electron chi connectivity index (χ4n) is 10.5. The van der Waals surface area contributed by atoms with Gasteiger partial charge in [0.25, 0.3) is 0 Å². The quantitative estimate of drug-likeness (QED) is 0.129. The highest BCUT2D eigenvalue weighted by Crippen LogP contribution is 2.43. The van der Waals surface area contributed by atoms with Crippen LogP contribution in [-0.2, 0) is 13.1 Å². The molecule has 2 aromatic heterocycles. The zero-order valence-corrected chi connectivity index (χ0v) is 38.3. The number of benzene rings is 10. The molecule has 0 saturated heterocycles. The molecule has 0 fully saturated rings. The maximum absolute atomic E-state index is 2.47. The van der Waals surface area contributed by atoms with Crippen molar-refractivity contribution in [1.29, 1.82) is 0 Å². The fraction of sp³-hybridized carbons (Fsp3) is 0.0625. The van der Waals surface area contributed by atoms with Gasteiger partial charge in [0.15, 0.2) is 0 Å². The van der Waals surface area contributed by atoms with Gasteiger partial charge in [-0.25, -0.2) is 0 Å². The summed E-state index contributed by atoms with van der Waals surface area (Å²) in [7, 11) is 0. The van der Waals surface area contributed by atoms with Crippen LogP contribution in [0.15, 0.2) is 243 Å². The molecule has 10 aromatic carbocycles. The summed E-state index contributed by atoms with van der Waals surface area (Å²) < 4.78 is 4.93. The Balaban J connectivity index is 0.941. The van der Waals surface area contributed by atoms with E-state index in [4.69, 9.17) is 0 Å². The minimum Gasteiger partial charge on any atom is -0.341 e. The minimum atomic E-state index is 0.863. The van der Waals surface area contributed by atoms with Gasteiger partial charge in [-0.3, -0.25) is 0 Å². The smallest absolute Gasteiger partial charge is 0.0512 e. The third-order valence-electron chi connectivity index (χ3n) is 13.6. The van der Waals surface area contributed by atoms with Gasteiger partial charge in [-0.05, 0) is 144 Å². The van der Waals surface area contributed by atoms with Gasteiger partial charge in [-0.2, -0.15) is 0 Å². The summed E-state index contributed by atoms with van der Waals surface area (Å²) >= 11 is 0. The van der Waals surface area contributed by atoms with Gasteiger partial charge in [0.1, 0.15) is 0 Å². The van der Waals surface area contributed by atoms with E-state index in [0.29, 0.717) is 0 Å². The first-order chi connectivity index (χ1) is 33.6. The molecule has 0 spiro atoms. The number of anilines is 6. The number of nitrogens with zero attached hydrogens (tertiary/aromatic N) is 4. The lowest BCUT2D eigenvalue weighted by Gasteiger charge is -2.26. The van der Waals surface area contributed by atoms with Crippen molar-refractivity contribution in [3.8, 4) is 33.4 Å². The summed E-state index contributed by atoms with van der Waals surface area (Å²) in [6.45, 7) is 6.23. The number of aromatic nitrogens is 2. The van der Waals surface area contributed by atoms with E-state index in [1.165, 1.54) is 77.0 Å². The van der Waals surface area contributed by atoms with E-state index in [0.717, 1.165) is 47.2 Å². The lowest BCUT2D eigenvalue weighted by Crippen LogP contribution is -2.10. The average Bonchev–Trinajstić information content (AvgIpc) is 3.90. The number of rotatable bonds is 11. The van der Waals surface area contributed by atoms with Crippen molar-refractivity contribution in [2.75, 3.05) is 9.80 Å². The molecule has 0 aliphatic heterocycles. The Morgan fingerprint density at radius 2 is 0.588 bits per heavy atom. The van der Waals surface area contributed by atoms with Gasteiger partial charge in [0, 0.05) is 79.8 Å². The first kappa shape index (κ1) is 40.9. The summed E-state index contributed by atoms with van der Waals surface area (Å²) in [5, 5.41) is 5.04. The van der Waals surface area contributed by atoms with Crippen LogP contribution in [0.1, 0.15) is 13.8 Å². The van der Waals surface area contributed by atoms with E-state index in [1.54, 1.807) is 0 Å². The average molecular weight is 875 g/mol. The second-order valence-corrected chi connectivity index (χ2v) is 17.5. The molecule has 4 nitrogen and oxygen atoms in total. The number of fused-ring (bicyclic) bond motifs is 6.